The number of ether oxygens (including phenoxy) is 2. The Bertz CT molecular complexity index is 707. The number of thiophene rings is 1. The molecule has 6 heteroatoms. The zero-order valence-electron chi connectivity index (χ0n) is 14.1. The Morgan fingerprint density at radius 2 is 2.40 bits per heavy atom. The number of hydrogen-bond donors (Lipinski definition) is 0. The van der Waals surface area contributed by atoms with Gasteiger partial charge in [0.15, 0.2) is 0 Å². The Morgan fingerprint density at radius 3 is 3.20 bits per heavy atom. The first-order valence-corrected chi connectivity index (χ1v) is 9.68. The lowest BCUT2D eigenvalue weighted by atomic mass is 9.73. The van der Waals surface area contributed by atoms with Gasteiger partial charge >= 0.3 is 0 Å². The normalized spacial score (nSPS) is 26.1. The molecule has 0 spiro atoms. The first kappa shape index (κ1) is 16.5. The quantitative estimate of drug-likeness (QED) is 0.842. The summed E-state index contributed by atoms with van der Waals surface area (Å²) in [6.45, 7) is 2.75. The number of carbonyl (C=O) groups excluding carboxylic acids is 1. The van der Waals surface area contributed by atoms with E-state index in [0.717, 1.165) is 38.0 Å². The van der Waals surface area contributed by atoms with Gasteiger partial charge in [-0.15, -0.1) is 0 Å². The second-order valence-corrected chi connectivity index (χ2v) is 7.59. The molecule has 2 fully saturated rings. The molecule has 2 atom stereocenters. The number of rotatable bonds is 4. The number of aromatic nitrogens is 1. The summed E-state index contributed by atoms with van der Waals surface area (Å²) in [5, 5.41) is 3.87. The van der Waals surface area contributed by atoms with Crippen molar-refractivity contribution in [1.29, 1.82) is 0 Å². The van der Waals surface area contributed by atoms with E-state index in [0.29, 0.717) is 19.0 Å². The van der Waals surface area contributed by atoms with Crippen molar-refractivity contribution in [3.05, 3.63) is 46.8 Å². The predicted molar refractivity (Wildman–Crippen MR) is 96.0 cm³/mol. The van der Waals surface area contributed by atoms with Crippen molar-refractivity contribution in [1.82, 2.24) is 9.88 Å². The van der Waals surface area contributed by atoms with Crippen molar-refractivity contribution in [2.24, 2.45) is 5.41 Å². The number of fused-ring (bicyclic) bond motifs is 1. The summed E-state index contributed by atoms with van der Waals surface area (Å²) in [6.07, 6.45) is 4.76. The molecular formula is C19H22N2O3S. The molecule has 0 aromatic carbocycles. The van der Waals surface area contributed by atoms with Crippen LogP contribution in [0.15, 0.2) is 41.2 Å². The molecule has 2 aliphatic rings. The second-order valence-electron chi connectivity index (χ2n) is 6.81. The van der Waals surface area contributed by atoms with Crippen LogP contribution >= 0.6 is 11.3 Å². The third kappa shape index (κ3) is 3.41. The average molecular weight is 358 g/mol. The minimum Gasteiger partial charge on any atom is -0.477 e. The highest BCUT2D eigenvalue weighted by molar-refractivity contribution is 7.08. The van der Waals surface area contributed by atoms with Crippen LogP contribution in [-0.4, -0.2) is 48.2 Å². The molecule has 2 unspecified atom stereocenters. The molecule has 0 bridgehead atoms. The second kappa shape index (κ2) is 7.14. The van der Waals surface area contributed by atoms with Crippen molar-refractivity contribution < 1.29 is 14.3 Å². The lowest BCUT2D eigenvalue weighted by Gasteiger charge is -2.50. The van der Waals surface area contributed by atoms with Gasteiger partial charge < -0.3 is 14.4 Å². The number of hydrogen-bond acceptors (Lipinski definition) is 5. The third-order valence-corrected chi connectivity index (χ3v) is 5.87. The Hall–Kier alpha value is -1.92. The van der Waals surface area contributed by atoms with Gasteiger partial charge in [0.2, 0.25) is 5.88 Å². The van der Waals surface area contributed by atoms with E-state index in [9.17, 15) is 4.79 Å². The Kier molecular flexibility index (Phi) is 4.72. The topological polar surface area (TPSA) is 51.7 Å². The first-order valence-electron chi connectivity index (χ1n) is 8.74. The highest BCUT2D eigenvalue weighted by Gasteiger charge is 2.47. The molecule has 2 saturated heterocycles. The molecular weight excluding hydrogens is 336 g/mol. The van der Waals surface area contributed by atoms with E-state index >= 15 is 0 Å². The Labute approximate surface area is 151 Å². The van der Waals surface area contributed by atoms with Gasteiger partial charge in [-0.25, -0.2) is 4.98 Å². The molecule has 2 aliphatic heterocycles. The molecule has 4 heterocycles. The standard InChI is InChI=1S/C19H22N2O3S/c22-18(15-6-11-25-12-15)21-9-5-16-19(13-21,7-3-10-23-16)14-24-17-4-1-2-8-20-17/h1-2,4,6,8,11-12,16H,3,5,7,9-10,13-14H2. The van der Waals surface area contributed by atoms with Crippen LogP contribution in [0.2, 0.25) is 0 Å². The zero-order valence-corrected chi connectivity index (χ0v) is 14.9. The number of nitrogens with zero attached hydrogens (tertiary/aromatic N) is 2. The van der Waals surface area contributed by atoms with Crippen molar-refractivity contribution in [2.75, 3.05) is 26.3 Å². The minimum atomic E-state index is -0.153. The van der Waals surface area contributed by atoms with Crippen LogP contribution in [0.1, 0.15) is 29.6 Å². The van der Waals surface area contributed by atoms with E-state index in [2.05, 4.69) is 4.98 Å². The summed E-state index contributed by atoms with van der Waals surface area (Å²) in [7, 11) is 0. The maximum Gasteiger partial charge on any atom is 0.254 e. The van der Waals surface area contributed by atoms with Crippen LogP contribution in [0.3, 0.4) is 0 Å². The molecule has 132 valence electrons. The first-order chi connectivity index (χ1) is 12.3. The minimum absolute atomic E-state index is 0.113. The lowest BCUT2D eigenvalue weighted by Crippen LogP contribution is -2.58. The van der Waals surface area contributed by atoms with Crippen LogP contribution in [0, 0.1) is 5.41 Å². The van der Waals surface area contributed by atoms with Gasteiger partial charge in [0.1, 0.15) is 0 Å². The number of amides is 1. The van der Waals surface area contributed by atoms with Crippen LogP contribution in [0.25, 0.3) is 0 Å². The van der Waals surface area contributed by atoms with Crippen molar-refractivity contribution >= 4 is 17.2 Å². The van der Waals surface area contributed by atoms with Gasteiger partial charge in [-0.1, -0.05) is 6.07 Å². The van der Waals surface area contributed by atoms with Gasteiger partial charge in [-0.05, 0) is 36.8 Å². The van der Waals surface area contributed by atoms with Crippen molar-refractivity contribution in [2.45, 2.75) is 25.4 Å². The molecule has 0 aliphatic carbocycles. The highest BCUT2D eigenvalue weighted by Crippen LogP contribution is 2.41. The van der Waals surface area contributed by atoms with E-state index < -0.39 is 0 Å². The summed E-state index contributed by atoms with van der Waals surface area (Å²) < 4.78 is 12.1. The fraction of sp³-hybridized carbons (Fsp3) is 0.474. The molecule has 1 amide bonds. The van der Waals surface area contributed by atoms with E-state index in [1.807, 2.05) is 39.9 Å². The van der Waals surface area contributed by atoms with Crippen LogP contribution < -0.4 is 4.74 Å². The highest BCUT2D eigenvalue weighted by atomic mass is 32.1. The Balaban J connectivity index is 1.51. The third-order valence-electron chi connectivity index (χ3n) is 5.19. The van der Waals surface area contributed by atoms with Crippen molar-refractivity contribution in [3.63, 3.8) is 0 Å². The van der Waals surface area contributed by atoms with Crippen LogP contribution in [0.5, 0.6) is 5.88 Å². The summed E-state index contributed by atoms with van der Waals surface area (Å²) in [6, 6.07) is 7.56. The van der Waals surface area contributed by atoms with Gasteiger partial charge in [-0.2, -0.15) is 11.3 Å². The number of pyridine rings is 1. The lowest BCUT2D eigenvalue weighted by molar-refractivity contribution is -0.133. The fourth-order valence-corrected chi connectivity index (χ4v) is 4.52. The molecule has 0 saturated carbocycles. The summed E-state index contributed by atoms with van der Waals surface area (Å²) >= 11 is 1.56. The van der Waals surface area contributed by atoms with Gasteiger partial charge in [-0.3, -0.25) is 4.79 Å². The van der Waals surface area contributed by atoms with Crippen molar-refractivity contribution in [3.8, 4) is 5.88 Å². The molecule has 0 N–H and O–H groups in total. The number of piperidine rings is 1. The van der Waals surface area contributed by atoms with Gasteiger partial charge in [0, 0.05) is 42.8 Å². The summed E-state index contributed by atoms with van der Waals surface area (Å²) in [5.74, 6) is 0.741. The maximum absolute atomic E-state index is 12.8. The van der Waals surface area contributed by atoms with Gasteiger partial charge in [0.25, 0.3) is 5.91 Å². The van der Waals surface area contributed by atoms with Gasteiger partial charge in [0.05, 0.1) is 18.3 Å². The van der Waals surface area contributed by atoms with E-state index in [4.69, 9.17) is 9.47 Å². The average Bonchev–Trinajstić information content (AvgIpc) is 3.21. The Morgan fingerprint density at radius 1 is 1.44 bits per heavy atom. The summed E-state index contributed by atoms with van der Waals surface area (Å²) in [4.78, 5) is 19.0. The summed E-state index contributed by atoms with van der Waals surface area (Å²) in [5.41, 5.74) is 0.626. The SMILES string of the molecule is O=C(c1ccsc1)N1CCC2OCCCC2(COc2ccccn2)C1. The van der Waals surface area contributed by atoms with Crippen LogP contribution in [0.4, 0.5) is 0 Å². The maximum atomic E-state index is 12.8. The zero-order chi connectivity index (χ0) is 17.1. The number of likely N-dealkylation sites (tertiary alicyclic amines) is 1. The fourth-order valence-electron chi connectivity index (χ4n) is 3.89. The van der Waals surface area contributed by atoms with E-state index in [-0.39, 0.29) is 17.4 Å². The van der Waals surface area contributed by atoms with Crippen LogP contribution in [-0.2, 0) is 4.74 Å². The monoisotopic (exact) mass is 358 g/mol. The molecule has 25 heavy (non-hydrogen) atoms. The largest absolute Gasteiger partial charge is 0.477 e. The number of carbonyl (C=O) groups is 1. The van der Waals surface area contributed by atoms with E-state index in [1.165, 1.54) is 0 Å². The molecule has 2 aromatic heterocycles. The molecule has 4 rings (SSSR count). The van der Waals surface area contributed by atoms with E-state index in [1.54, 1.807) is 17.5 Å². The molecule has 5 nitrogen and oxygen atoms in total. The smallest absolute Gasteiger partial charge is 0.254 e. The molecule has 2 aromatic rings. The predicted octanol–water partition coefficient (Wildman–Crippen LogP) is 3.23. The molecule has 0 radical (unpaired) electrons.